The topological polar surface area (TPSA) is 108 Å². The molecule has 6 aliphatic heterocycles. The molecule has 2 saturated heterocycles. The zero-order valence-corrected chi connectivity index (χ0v) is 37.2. The first-order valence-electron chi connectivity index (χ1n) is 21.4. The number of fused-ring (bicyclic) bond motifs is 8. The number of rotatable bonds is 13. The van der Waals surface area contributed by atoms with Crippen molar-refractivity contribution in [1.29, 1.82) is 0 Å². The van der Waals surface area contributed by atoms with E-state index < -0.39 is 11.4 Å². The molecule has 2 atom stereocenters. The fourth-order valence-corrected chi connectivity index (χ4v) is 11.9. The van der Waals surface area contributed by atoms with Gasteiger partial charge in [-0.2, -0.15) is 0 Å². The van der Waals surface area contributed by atoms with Crippen molar-refractivity contribution in [2.45, 2.75) is 50.0 Å². The highest BCUT2D eigenvalue weighted by Crippen LogP contribution is 2.57. The van der Waals surface area contributed by atoms with Crippen LogP contribution in [0.1, 0.15) is 38.8 Å². The summed E-state index contributed by atoms with van der Waals surface area (Å²) in [5.74, 6) is 3.84. The summed E-state index contributed by atoms with van der Waals surface area (Å²) in [4.78, 5) is 35.4. The first kappa shape index (κ1) is 40.8. The van der Waals surface area contributed by atoms with Crippen molar-refractivity contribution in [1.82, 2.24) is 10.6 Å². The van der Waals surface area contributed by atoms with Gasteiger partial charge in [-0.05, 0) is 47.5 Å². The number of ether oxygens (including phenoxy) is 4. The minimum atomic E-state index is -0.753. The number of hydrogen-bond donors (Lipinski definition) is 2. The number of carbonyl (C=O) groups excluding carboxylic acids is 2. The summed E-state index contributed by atoms with van der Waals surface area (Å²) >= 11 is 0. The Morgan fingerprint density at radius 2 is 0.968 bits per heavy atom. The van der Waals surface area contributed by atoms with Gasteiger partial charge in [-0.15, -0.1) is 0 Å². The van der Waals surface area contributed by atoms with E-state index in [1.165, 1.54) is 22.5 Å². The van der Waals surface area contributed by atoms with Crippen LogP contribution in [0.4, 0.5) is 22.7 Å². The van der Waals surface area contributed by atoms with Gasteiger partial charge in [0.25, 0.3) is 0 Å². The van der Waals surface area contributed by atoms with Crippen molar-refractivity contribution in [3.8, 4) is 11.5 Å². The molecule has 6 aliphatic rings. The normalized spacial score (nSPS) is 24.3. The second-order valence-corrected chi connectivity index (χ2v) is 20.0. The van der Waals surface area contributed by atoms with Crippen LogP contribution in [0, 0.1) is 0 Å². The molecule has 12 nitrogen and oxygen atoms in total. The number of carbonyl (C=O) groups is 2. The van der Waals surface area contributed by atoms with Gasteiger partial charge in [0.05, 0.1) is 24.6 Å². The molecule has 0 bridgehead atoms. The lowest BCUT2D eigenvalue weighted by molar-refractivity contribution is -0.120. The lowest BCUT2D eigenvalue weighted by Crippen LogP contribution is -2.52. The number of nitrogens with zero attached hydrogens (tertiary/aromatic N) is 4. The van der Waals surface area contributed by atoms with Crippen LogP contribution < -0.4 is 39.7 Å². The average molecular weight is 873 g/mol. The first-order chi connectivity index (χ1) is 30.0. The van der Waals surface area contributed by atoms with Gasteiger partial charge < -0.3 is 39.4 Å². The molecule has 4 aromatic carbocycles. The highest BCUT2D eigenvalue weighted by molar-refractivity contribution is 8.76. The minimum Gasteiger partial charge on any atom is -0.439 e. The SMILES string of the molecule is CC1(C)c2ccccc2N2CCOC21/C=C1\Oc2ccccc2N1CC(=O)NCCSSCCNC(=O)CN1/C(=C/C23OCCN2c2ccccc2C3(C)C)Oc2ccccc21. The van der Waals surface area contributed by atoms with E-state index in [4.69, 9.17) is 18.9 Å². The summed E-state index contributed by atoms with van der Waals surface area (Å²) in [5, 5.41) is 6.19. The van der Waals surface area contributed by atoms with Crippen molar-refractivity contribution in [2.24, 2.45) is 0 Å². The third-order valence-electron chi connectivity index (χ3n) is 13.2. The molecule has 62 heavy (non-hydrogen) atoms. The van der Waals surface area contributed by atoms with Crippen LogP contribution in [0.3, 0.4) is 0 Å². The molecular weight excluding hydrogens is 821 g/mol. The Bertz CT molecular complexity index is 2310. The zero-order valence-electron chi connectivity index (χ0n) is 35.5. The average Bonchev–Trinajstić information content (AvgIpc) is 4.10. The third-order valence-corrected chi connectivity index (χ3v) is 15.6. The van der Waals surface area contributed by atoms with E-state index in [1.54, 1.807) is 21.6 Å². The number of para-hydroxylation sites is 6. The minimum absolute atomic E-state index is 0.0987. The molecule has 322 valence electrons. The van der Waals surface area contributed by atoms with Gasteiger partial charge >= 0.3 is 0 Å². The van der Waals surface area contributed by atoms with E-state index in [2.05, 4.69) is 109 Å². The molecule has 10 rings (SSSR count). The number of nitrogens with one attached hydrogen (secondary N) is 2. The summed E-state index contributed by atoms with van der Waals surface area (Å²) in [6.45, 7) is 12.8. The van der Waals surface area contributed by atoms with Crippen LogP contribution in [0.5, 0.6) is 11.5 Å². The van der Waals surface area contributed by atoms with E-state index in [-0.39, 0.29) is 35.7 Å². The standard InChI is InChI=1S/C48H52N6O6S2/c1-45(2)33-13-5-7-15-35(33)53-23-25-57-47(45,53)29-43-51(37-17-9-11-19-39(37)59-43)31-41(55)49-21-27-61-62-28-22-50-42(56)32-52-38-18-10-12-20-40(38)60-44(52)30-48-46(3,4)34-14-6-8-16-36(34)54(48)24-26-58-48/h5-20,29-30H,21-28,31-32H2,1-4H3,(H,49,55)(H,50,56)/b43-29-,44-30-. The van der Waals surface area contributed by atoms with Gasteiger partial charge in [0.15, 0.2) is 22.9 Å². The molecule has 6 heterocycles. The number of benzene rings is 4. The van der Waals surface area contributed by atoms with E-state index in [1.807, 2.05) is 58.3 Å². The Morgan fingerprint density at radius 1 is 0.581 bits per heavy atom. The molecule has 0 aliphatic carbocycles. The second kappa shape index (κ2) is 15.8. The van der Waals surface area contributed by atoms with Crippen molar-refractivity contribution in [3.05, 3.63) is 132 Å². The summed E-state index contributed by atoms with van der Waals surface area (Å²) in [5.41, 5.74) is 4.26. The summed E-state index contributed by atoms with van der Waals surface area (Å²) in [6, 6.07) is 32.6. The Hall–Kier alpha value is -5.28. The molecule has 14 heteroatoms. The summed E-state index contributed by atoms with van der Waals surface area (Å²) < 4.78 is 26.1. The van der Waals surface area contributed by atoms with Crippen molar-refractivity contribution in [2.75, 3.05) is 83.6 Å². The maximum atomic E-state index is 13.4. The fraction of sp³-hybridized carbons (Fsp3) is 0.375. The maximum absolute atomic E-state index is 13.4. The zero-order chi connectivity index (χ0) is 42.7. The Kier molecular flexibility index (Phi) is 10.4. The first-order valence-corrected chi connectivity index (χ1v) is 23.9. The van der Waals surface area contributed by atoms with Crippen LogP contribution in [-0.4, -0.2) is 87.3 Å². The molecule has 0 radical (unpaired) electrons. The highest BCUT2D eigenvalue weighted by Gasteiger charge is 2.61. The van der Waals surface area contributed by atoms with Crippen LogP contribution >= 0.6 is 21.6 Å². The number of amides is 2. The Labute approximate surface area is 371 Å². The van der Waals surface area contributed by atoms with Gasteiger partial charge in [0, 0.05) is 72.0 Å². The second-order valence-electron chi connectivity index (χ2n) is 17.3. The van der Waals surface area contributed by atoms with E-state index in [0.717, 1.165) is 36.0 Å². The maximum Gasteiger partial charge on any atom is 0.240 e. The number of anilines is 4. The van der Waals surface area contributed by atoms with Gasteiger partial charge in [0.1, 0.15) is 13.1 Å². The molecule has 2 amide bonds. The van der Waals surface area contributed by atoms with Crippen molar-refractivity contribution in [3.63, 3.8) is 0 Å². The predicted octanol–water partition coefficient (Wildman–Crippen LogP) is 7.13. The van der Waals surface area contributed by atoms with E-state index >= 15 is 0 Å². The van der Waals surface area contributed by atoms with Gasteiger partial charge in [-0.1, -0.05) is 110 Å². The third kappa shape index (κ3) is 6.51. The van der Waals surface area contributed by atoms with E-state index in [9.17, 15) is 9.59 Å². The molecule has 0 spiro atoms. The van der Waals surface area contributed by atoms with Gasteiger partial charge in [-0.25, -0.2) is 0 Å². The summed E-state index contributed by atoms with van der Waals surface area (Å²) in [7, 11) is 3.34. The largest absolute Gasteiger partial charge is 0.439 e. The van der Waals surface area contributed by atoms with Crippen LogP contribution in [0.25, 0.3) is 0 Å². The molecule has 2 fully saturated rings. The van der Waals surface area contributed by atoms with Crippen LogP contribution in [0.15, 0.2) is 121 Å². The molecule has 0 aromatic heterocycles. The smallest absolute Gasteiger partial charge is 0.240 e. The quantitative estimate of drug-likeness (QED) is 0.106. The number of hydrogen-bond acceptors (Lipinski definition) is 12. The molecule has 2 unspecified atom stereocenters. The highest BCUT2D eigenvalue weighted by atomic mass is 33.1. The predicted molar refractivity (Wildman–Crippen MR) is 247 cm³/mol. The van der Waals surface area contributed by atoms with Crippen molar-refractivity contribution >= 4 is 56.2 Å². The molecule has 4 aromatic rings. The monoisotopic (exact) mass is 872 g/mol. The van der Waals surface area contributed by atoms with Gasteiger partial charge in [0.2, 0.25) is 23.6 Å². The Balaban J connectivity index is 0.714. The van der Waals surface area contributed by atoms with Crippen LogP contribution in [0.2, 0.25) is 0 Å². The summed E-state index contributed by atoms with van der Waals surface area (Å²) in [6.07, 6.45) is 4.14. The Morgan fingerprint density at radius 3 is 1.40 bits per heavy atom. The van der Waals surface area contributed by atoms with E-state index in [0.29, 0.717) is 49.6 Å². The lowest BCUT2D eigenvalue weighted by atomic mass is 9.77. The molecule has 2 N–H and O–H groups in total. The molecule has 0 saturated carbocycles. The van der Waals surface area contributed by atoms with Crippen molar-refractivity contribution < 1.29 is 28.5 Å². The van der Waals surface area contributed by atoms with Gasteiger partial charge in [-0.3, -0.25) is 19.4 Å². The van der Waals surface area contributed by atoms with Crippen LogP contribution in [-0.2, 0) is 29.9 Å². The molecular formula is C48H52N6O6S2. The fourth-order valence-electron chi connectivity index (χ4n) is 10.1. The lowest BCUT2D eigenvalue weighted by Gasteiger charge is -2.40.